The molecule has 1 aliphatic rings. The van der Waals surface area contributed by atoms with Crippen LogP contribution >= 0.6 is 15.9 Å². The molecule has 22 heavy (non-hydrogen) atoms. The van der Waals surface area contributed by atoms with Crippen LogP contribution in [0.4, 0.5) is 0 Å². The Hall–Kier alpha value is -1.66. The first-order valence-electron chi connectivity index (χ1n) is 7.34. The molecule has 0 atom stereocenters. The first kappa shape index (κ1) is 16.7. The van der Waals surface area contributed by atoms with Crippen LogP contribution in [0.5, 0.6) is 0 Å². The third kappa shape index (κ3) is 5.61. The smallest absolute Gasteiger partial charge is 0.251 e. The van der Waals surface area contributed by atoms with Gasteiger partial charge in [0.2, 0.25) is 5.91 Å². The summed E-state index contributed by atoms with van der Waals surface area (Å²) < 4.78 is 0.927. The molecule has 118 valence electrons. The number of amides is 2. The normalized spacial score (nSPS) is 14.1. The van der Waals surface area contributed by atoms with E-state index in [0.717, 1.165) is 24.0 Å². The molecule has 0 aromatic heterocycles. The Morgan fingerprint density at radius 1 is 1.18 bits per heavy atom. The van der Waals surface area contributed by atoms with Crippen molar-refractivity contribution in [1.82, 2.24) is 16.0 Å². The van der Waals surface area contributed by atoms with Crippen molar-refractivity contribution in [3.8, 4) is 0 Å². The number of carbonyl (C=O) groups excluding carboxylic acids is 2. The van der Waals surface area contributed by atoms with E-state index in [9.17, 15) is 9.59 Å². The Morgan fingerprint density at radius 2 is 1.95 bits per heavy atom. The highest BCUT2D eigenvalue weighted by Gasteiger charge is 2.08. The number of carbonyl (C=O) groups is 2. The Morgan fingerprint density at radius 3 is 2.64 bits per heavy atom. The van der Waals surface area contributed by atoms with Gasteiger partial charge in [-0.15, -0.1) is 0 Å². The van der Waals surface area contributed by atoms with Crippen molar-refractivity contribution in [2.24, 2.45) is 0 Å². The highest BCUT2D eigenvalue weighted by atomic mass is 79.9. The first-order chi connectivity index (χ1) is 10.6. The molecule has 3 N–H and O–H groups in total. The SMILES string of the molecule is O=C(CCNC(=O)c1ccc(Br)cc1)NCC1=CCNCC1. The molecular formula is C16H20BrN3O2. The van der Waals surface area contributed by atoms with E-state index in [0.29, 0.717) is 18.7 Å². The second-order valence-electron chi connectivity index (χ2n) is 5.11. The van der Waals surface area contributed by atoms with Crippen LogP contribution in [-0.2, 0) is 4.79 Å². The van der Waals surface area contributed by atoms with Gasteiger partial charge in [-0.3, -0.25) is 9.59 Å². The fourth-order valence-corrected chi connectivity index (χ4v) is 2.39. The fourth-order valence-electron chi connectivity index (χ4n) is 2.12. The Kier molecular flexibility index (Phi) is 6.61. The van der Waals surface area contributed by atoms with E-state index in [-0.39, 0.29) is 18.2 Å². The predicted molar refractivity (Wildman–Crippen MR) is 89.7 cm³/mol. The topological polar surface area (TPSA) is 70.2 Å². The van der Waals surface area contributed by atoms with Crippen LogP contribution in [0.2, 0.25) is 0 Å². The van der Waals surface area contributed by atoms with Gasteiger partial charge >= 0.3 is 0 Å². The molecular weight excluding hydrogens is 346 g/mol. The number of rotatable bonds is 6. The maximum Gasteiger partial charge on any atom is 0.251 e. The molecule has 0 saturated heterocycles. The van der Waals surface area contributed by atoms with Gasteiger partial charge < -0.3 is 16.0 Å². The summed E-state index contributed by atoms with van der Waals surface area (Å²) >= 11 is 3.32. The molecule has 1 aromatic rings. The van der Waals surface area contributed by atoms with E-state index in [2.05, 4.69) is 38.0 Å². The van der Waals surface area contributed by atoms with Gasteiger partial charge in [-0.25, -0.2) is 0 Å². The Bertz CT molecular complexity index is 555. The largest absolute Gasteiger partial charge is 0.352 e. The zero-order valence-electron chi connectivity index (χ0n) is 12.3. The van der Waals surface area contributed by atoms with Gasteiger partial charge in [0.1, 0.15) is 0 Å². The van der Waals surface area contributed by atoms with Gasteiger partial charge in [0.05, 0.1) is 0 Å². The molecule has 0 aliphatic carbocycles. The Balaban J connectivity index is 1.65. The van der Waals surface area contributed by atoms with Crippen molar-refractivity contribution >= 4 is 27.7 Å². The summed E-state index contributed by atoms with van der Waals surface area (Å²) in [5.41, 5.74) is 1.84. The maximum atomic E-state index is 11.9. The van der Waals surface area contributed by atoms with E-state index in [1.165, 1.54) is 5.57 Å². The predicted octanol–water partition coefficient (Wildman–Crippen LogP) is 1.60. The van der Waals surface area contributed by atoms with Crippen LogP contribution in [0.3, 0.4) is 0 Å². The standard InChI is InChI=1S/C16H20BrN3O2/c17-14-3-1-13(2-4-14)16(22)19-10-7-15(21)20-11-12-5-8-18-9-6-12/h1-5,18H,6-11H2,(H,19,22)(H,20,21). The van der Waals surface area contributed by atoms with Crippen LogP contribution in [0, 0.1) is 0 Å². The molecule has 0 unspecified atom stereocenters. The van der Waals surface area contributed by atoms with Crippen LogP contribution in [0.15, 0.2) is 40.4 Å². The summed E-state index contributed by atoms with van der Waals surface area (Å²) in [7, 11) is 0. The summed E-state index contributed by atoms with van der Waals surface area (Å²) in [5, 5.41) is 8.86. The third-order valence-corrected chi connectivity index (χ3v) is 3.94. The summed E-state index contributed by atoms with van der Waals surface area (Å²) in [6.07, 6.45) is 3.37. The lowest BCUT2D eigenvalue weighted by Gasteiger charge is -2.14. The van der Waals surface area contributed by atoms with E-state index >= 15 is 0 Å². The average molecular weight is 366 g/mol. The van der Waals surface area contributed by atoms with Crippen molar-refractivity contribution in [2.75, 3.05) is 26.2 Å². The molecule has 0 fully saturated rings. The van der Waals surface area contributed by atoms with Crippen molar-refractivity contribution in [3.05, 3.63) is 46.0 Å². The maximum absolute atomic E-state index is 11.9. The van der Waals surface area contributed by atoms with Gasteiger partial charge in [0.25, 0.3) is 5.91 Å². The number of hydrogen-bond donors (Lipinski definition) is 3. The minimum absolute atomic E-state index is 0.0458. The molecule has 2 amide bonds. The number of nitrogens with one attached hydrogen (secondary N) is 3. The summed E-state index contributed by atoms with van der Waals surface area (Å²) in [6.45, 7) is 2.77. The number of halogens is 1. The molecule has 1 heterocycles. The lowest BCUT2D eigenvalue weighted by Crippen LogP contribution is -2.33. The van der Waals surface area contributed by atoms with E-state index in [4.69, 9.17) is 0 Å². The second kappa shape index (κ2) is 8.70. The van der Waals surface area contributed by atoms with Gasteiger partial charge in [0, 0.05) is 36.1 Å². The summed E-state index contributed by atoms with van der Waals surface area (Å²) in [4.78, 5) is 23.6. The molecule has 1 aliphatic heterocycles. The average Bonchev–Trinajstić information content (AvgIpc) is 2.54. The van der Waals surface area contributed by atoms with Gasteiger partial charge in [-0.2, -0.15) is 0 Å². The van der Waals surface area contributed by atoms with E-state index in [1.54, 1.807) is 12.1 Å². The molecule has 6 heteroatoms. The minimum Gasteiger partial charge on any atom is -0.352 e. The monoisotopic (exact) mass is 365 g/mol. The fraction of sp³-hybridized carbons (Fsp3) is 0.375. The minimum atomic E-state index is -0.165. The molecule has 0 bridgehead atoms. The highest BCUT2D eigenvalue weighted by Crippen LogP contribution is 2.10. The number of hydrogen-bond acceptors (Lipinski definition) is 3. The quantitative estimate of drug-likeness (QED) is 0.670. The van der Waals surface area contributed by atoms with E-state index < -0.39 is 0 Å². The zero-order valence-corrected chi connectivity index (χ0v) is 13.9. The molecule has 5 nitrogen and oxygen atoms in total. The lowest BCUT2D eigenvalue weighted by molar-refractivity contribution is -0.120. The van der Waals surface area contributed by atoms with Crippen LogP contribution < -0.4 is 16.0 Å². The third-order valence-electron chi connectivity index (χ3n) is 3.41. The van der Waals surface area contributed by atoms with Crippen molar-refractivity contribution in [2.45, 2.75) is 12.8 Å². The van der Waals surface area contributed by atoms with Crippen LogP contribution in [0.1, 0.15) is 23.2 Å². The number of benzene rings is 1. The molecule has 0 spiro atoms. The van der Waals surface area contributed by atoms with Gasteiger partial charge in [-0.05, 0) is 37.2 Å². The van der Waals surface area contributed by atoms with Gasteiger partial charge in [0.15, 0.2) is 0 Å². The first-order valence-corrected chi connectivity index (χ1v) is 8.13. The Labute approximate surface area is 138 Å². The van der Waals surface area contributed by atoms with Crippen LogP contribution in [-0.4, -0.2) is 38.0 Å². The molecule has 0 saturated carbocycles. The van der Waals surface area contributed by atoms with Crippen LogP contribution in [0.25, 0.3) is 0 Å². The zero-order chi connectivity index (χ0) is 15.8. The summed E-state index contributed by atoms with van der Waals surface area (Å²) in [5.74, 6) is -0.211. The molecule has 1 aromatic carbocycles. The van der Waals surface area contributed by atoms with E-state index in [1.807, 2.05) is 12.1 Å². The highest BCUT2D eigenvalue weighted by molar-refractivity contribution is 9.10. The van der Waals surface area contributed by atoms with Crippen molar-refractivity contribution in [3.63, 3.8) is 0 Å². The van der Waals surface area contributed by atoms with Gasteiger partial charge in [-0.1, -0.05) is 27.6 Å². The second-order valence-corrected chi connectivity index (χ2v) is 6.02. The molecule has 2 rings (SSSR count). The van der Waals surface area contributed by atoms with Crippen molar-refractivity contribution < 1.29 is 9.59 Å². The lowest BCUT2D eigenvalue weighted by atomic mass is 10.1. The summed E-state index contributed by atoms with van der Waals surface area (Å²) in [6, 6.07) is 7.11. The van der Waals surface area contributed by atoms with Crippen molar-refractivity contribution in [1.29, 1.82) is 0 Å². The molecule has 0 radical (unpaired) electrons.